The Bertz CT molecular complexity index is 3340. The second-order valence-electron chi connectivity index (χ2n) is 14.2. The third-order valence-corrected chi connectivity index (χ3v) is 10.9. The zero-order valence-electron chi connectivity index (χ0n) is 30.5. The molecule has 0 aliphatic heterocycles. The highest BCUT2D eigenvalue weighted by Gasteiger charge is 2.32. The SMILES string of the molecule is N#Cc1ccc(-c2ccc3c(c2)c2ccccc2n3-c2ccc(C(F)(F)F)cc2-c2ccncc2-n2c3ccccc3c3cc(-c4ccc(C#N)cc4)ccc32)cc1. The van der Waals surface area contributed by atoms with E-state index in [1.54, 1.807) is 48.8 Å². The standard InChI is InChI=1S/C50H28F3N5/c51-50(52,53)37-19-22-48(57-44-7-3-1-5-38(44)41-25-35(17-20-46(41)57)33-13-9-31(28-54)10-14-33)43(27-37)40-23-24-56-30-49(40)58-45-8-4-2-6-39(45)42-26-36(18-21-47(42)58)34-15-11-32(29-55)12-16-34/h1-27,30H. The summed E-state index contributed by atoms with van der Waals surface area (Å²) < 4.78 is 48.1. The second kappa shape index (κ2) is 13.4. The fourth-order valence-electron chi connectivity index (χ4n) is 8.21. The van der Waals surface area contributed by atoms with E-state index in [-0.39, 0.29) is 0 Å². The molecule has 0 unspecified atom stereocenters. The van der Waals surface area contributed by atoms with E-state index >= 15 is 0 Å². The van der Waals surface area contributed by atoms with Crippen molar-refractivity contribution in [2.45, 2.75) is 6.18 Å². The van der Waals surface area contributed by atoms with Crippen LogP contribution < -0.4 is 0 Å². The van der Waals surface area contributed by atoms with Crippen molar-refractivity contribution in [3.63, 3.8) is 0 Å². The van der Waals surface area contributed by atoms with Gasteiger partial charge >= 0.3 is 6.18 Å². The van der Waals surface area contributed by atoms with E-state index in [2.05, 4.69) is 33.8 Å². The first kappa shape index (κ1) is 34.5. The summed E-state index contributed by atoms with van der Waals surface area (Å²) in [6, 6.07) is 53.1. The Balaban J connectivity index is 1.22. The van der Waals surface area contributed by atoms with Gasteiger partial charge in [0, 0.05) is 38.9 Å². The van der Waals surface area contributed by atoms with Crippen molar-refractivity contribution < 1.29 is 13.2 Å². The van der Waals surface area contributed by atoms with Crippen molar-refractivity contribution in [3.8, 4) is 56.9 Å². The summed E-state index contributed by atoms with van der Waals surface area (Å²) in [4.78, 5) is 4.54. The molecule has 0 bridgehead atoms. The average molecular weight is 756 g/mol. The van der Waals surface area contributed by atoms with Gasteiger partial charge in [-0.1, -0.05) is 72.8 Å². The molecule has 0 atom stereocenters. The van der Waals surface area contributed by atoms with Crippen molar-refractivity contribution >= 4 is 43.6 Å². The predicted molar refractivity (Wildman–Crippen MR) is 224 cm³/mol. The number of para-hydroxylation sites is 2. The third kappa shape index (κ3) is 5.58. The van der Waals surface area contributed by atoms with Crippen molar-refractivity contribution in [3.05, 3.63) is 187 Å². The van der Waals surface area contributed by atoms with Crippen LogP contribution in [0.2, 0.25) is 0 Å². The number of halogens is 3. The van der Waals surface area contributed by atoms with E-state index in [0.29, 0.717) is 33.6 Å². The topological polar surface area (TPSA) is 70.3 Å². The number of fused-ring (bicyclic) bond motifs is 6. The fraction of sp³-hybridized carbons (Fsp3) is 0.0200. The Hall–Kier alpha value is -7.94. The third-order valence-electron chi connectivity index (χ3n) is 10.9. The number of nitrogens with zero attached hydrogens (tertiary/aromatic N) is 5. The molecule has 0 saturated carbocycles. The lowest BCUT2D eigenvalue weighted by Crippen LogP contribution is -2.08. The molecule has 0 aliphatic rings. The summed E-state index contributed by atoms with van der Waals surface area (Å²) >= 11 is 0. The molecule has 0 aliphatic carbocycles. The van der Waals surface area contributed by atoms with E-state index < -0.39 is 11.7 Å². The van der Waals surface area contributed by atoms with Gasteiger partial charge in [0.2, 0.25) is 0 Å². The molecule has 0 fully saturated rings. The van der Waals surface area contributed by atoms with Crippen molar-refractivity contribution in [1.82, 2.24) is 14.1 Å². The minimum absolute atomic E-state index is 0.395. The number of pyridine rings is 1. The predicted octanol–water partition coefficient (Wildman–Crippen LogP) is 13.0. The fourth-order valence-corrected chi connectivity index (χ4v) is 8.21. The molecule has 10 rings (SSSR count). The van der Waals surface area contributed by atoms with Gasteiger partial charge in [-0.15, -0.1) is 0 Å². The maximum atomic E-state index is 14.7. The zero-order valence-corrected chi connectivity index (χ0v) is 30.5. The van der Waals surface area contributed by atoms with E-state index in [0.717, 1.165) is 71.9 Å². The summed E-state index contributed by atoms with van der Waals surface area (Å²) in [6.45, 7) is 0. The lowest BCUT2D eigenvalue weighted by Gasteiger charge is -2.20. The first-order chi connectivity index (χ1) is 28.3. The van der Waals surface area contributed by atoms with Crippen LogP contribution in [0.15, 0.2) is 170 Å². The van der Waals surface area contributed by atoms with E-state index in [1.807, 2.05) is 102 Å². The molecule has 0 N–H and O–H groups in total. The normalized spacial score (nSPS) is 11.7. The first-order valence-corrected chi connectivity index (χ1v) is 18.5. The summed E-state index contributed by atoms with van der Waals surface area (Å²) in [7, 11) is 0. The number of hydrogen-bond acceptors (Lipinski definition) is 3. The number of hydrogen-bond donors (Lipinski definition) is 0. The van der Waals surface area contributed by atoms with Crippen LogP contribution in [0.1, 0.15) is 16.7 Å². The van der Waals surface area contributed by atoms with Gasteiger partial charge in [-0.25, -0.2) is 0 Å². The maximum absolute atomic E-state index is 14.7. The Labute approximate surface area is 330 Å². The summed E-state index contributed by atoms with van der Waals surface area (Å²) in [6.07, 6.45) is -1.25. The number of rotatable bonds is 5. The van der Waals surface area contributed by atoms with Crippen LogP contribution in [0.3, 0.4) is 0 Å². The van der Waals surface area contributed by atoms with Crippen LogP contribution in [-0.2, 0) is 6.18 Å². The van der Waals surface area contributed by atoms with Crippen molar-refractivity contribution in [2.75, 3.05) is 0 Å². The quantitative estimate of drug-likeness (QED) is 0.176. The molecule has 0 amide bonds. The molecule has 5 nitrogen and oxygen atoms in total. The molecule has 58 heavy (non-hydrogen) atoms. The van der Waals surface area contributed by atoms with Crippen LogP contribution in [-0.4, -0.2) is 14.1 Å². The van der Waals surface area contributed by atoms with Crippen molar-refractivity contribution in [1.29, 1.82) is 10.5 Å². The highest BCUT2D eigenvalue weighted by atomic mass is 19.4. The number of benzene rings is 7. The molecule has 7 aromatic carbocycles. The van der Waals surface area contributed by atoms with Crippen LogP contribution in [0.4, 0.5) is 13.2 Å². The van der Waals surface area contributed by atoms with Gasteiger partial charge in [-0.3, -0.25) is 4.98 Å². The van der Waals surface area contributed by atoms with Gasteiger partial charge in [0.05, 0.1) is 68.5 Å². The Morgan fingerprint density at radius 1 is 0.448 bits per heavy atom. The van der Waals surface area contributed by atoms with Gasteiger partial charge in [0.1, 0.15) is 0 Å². The lowest BCUT2D eigenvalue weighted by molar-refractivity contribution is -0.137. The van der Waals surface area contributed by atoms with E-state index in [9.17, 15) is 23.7 Å². The highest BCUT2D eigenvalue weighted by Crippen LogP contribution is 2.43. The van der Waals surface area contributed by atoms with Crippen LogP contribution in [0, 0.1) is 22.7 Å². The molecule has 3 aromatic heterocycles. The van der Waals surface area contributed by atoms with Crippen LogP contribution in [0.5, 0.6) is 0 Å². The van der Waals surface area contributed by atoms with Crippen LogP contribution >= 0.6 is 0 Å². The minimum Gasteiger partial charge on any atom is -0.309 e. The maximum Gasteiger partial charge on any atom is 0.416 e. The van der Waals surface area contributed by atoms with Crippen molar-refractivity contribution in [2.24, 2.45) is 0 Å². The molecule has 0 radical (unpaired) electrons. The Kier molecular flexibility index (Phi) is 7.96. The van der Waals surface area contributed by atoms with Gasteiger partial charge < -0.3 is 9.13 Å². The Morgan fingerprint density at radius 3 is 1.45 bits per heavy atom. The molecule has 8 heteroatoms. The lowest BCUT2D eigenvalue weighted by atomic mass is 9.99. The smallest absolute Gasteiger partial charge is 0.309 e. The number of nitriles is 2. The number of aromatic nitrogens is 3. The Morgan fingerprint density at radius 2 is 0.931 bits per heavy atom. The first-order valence-electron chi connectivity index (χ1n) is 18.5. The molecule has 3 heterocycles. The minimum atomic E-state index is -4.59. The van der Waals surface area contributed by atoms with Crippen LogP contribution in [0.25, 0.3) is 88.4 Å². The number of alkyl halides is 3. The molecule has 274 valence electrons. The van der Waals surface area contributed by atoms with E-state index in [4.69, 9.17) is 0 Å². The van der Waals surface area contributed by atoms with Gasteiger partial charge in [-0.2, -0.15) is 23.7 Å². The highest BCUT2D eigenvalue weighted by molar-refractivity contribution is 6.12. The largest absolute Gasteiger partial charge is 0.416 e. The zero-order chi connectivity index (χ0) is 39.5. The second-order valence-corrected chi connectivity index (χ2v) is 14.2. The van der Waals surface area contributed by atoms with Gasteiger partial charge in [0.15, 0.2) is 0 Å². The van der Waals surface area contributed by atoms with E-state index in [1.165, 1.54) is 6.07 Å². The molecular formula is C50H28F3N5. The molecular weight excluding hydrogens is 728 g/mol. The summed E-state index contributed by atoms with van der Waals surface area (Å²) in [5.41, 5.74) is 9.85. The molecule has 0 spiro atoms. The van der Waals surface area contributed by atoms with Gasteiger partial charge in [-0.05, 0) is 107 Å². The molecule has 10 aromatic rings. The molecule has 0 saturated heterocycles. The van der Waals surface area contributed by atoms with Gasteiger partial charge in [0.25, 0.3) is 0 Å². The monoisotopic (exact) mass is 755 g/mol. The summed E-state index contributed by atoms with van der Waals surface area (Å²) in [5.74, 6) is 0. The average Bonchev–Trinajstić information content (AvgIpc) is 3.78. The summed E-state index contributed by atoms with van der Waals surface area (Å²) in [5, 5.41) is 22.5.